The average Bonchev–Trinajstić information content (AvgIpc) is 3.79. The molecule has 2 aliphatic carbocycles. The van der Waals surface area contributed by atoms with Gasteiger partial charge in [0.1, 0.15) is 0 Å². The highest BCUT2D eigenvalue weighted by Crippen LogP contribution is 2.62. The SMILES string of the molecule is CC1(C)c2ccccc2C2(c3ccccc3-c3ccc(-c4nc(-c5ccccc5)nc(-c5ccc(-n6c7ccccc7c7ccccc76)cc5)n4)cc32)c2ccccc21. The molecule has 0 saturated carbocycles. The summed E-state index contributed by atoms with van der Waals surface area (Å²) in [6, 6.07) is 70.0. The lowest BCUT2D eigenvalue weighted by molar-refractivity contribution is 0.563. The first-order chi connectivity index (χ1) is 29.0. The van der Waals surface area contributed by atoms with Crippen molar-refractivity contribution < 1.29 is 0 Å². The molecular formula is C55H38N4. The van der Waals surface area contributed by atoms with Gasteiger partial charge in [0, 0.05) is 38.6 Å². The summed E-state index contributed by atoms with van der Waals surface area (Å²) < 4.78 is 2.34. The normalized spacial score (nSPS) is 14.2. The summed E-state index contributed by atoms with van der Waals surface area (Å²) in [6.45, 7) is 4.73. The third-order valence-electron chi connectivity index (χ3n) is 12.9. The fraction of sp³-hybridized carbons (Fsp3) is 0.0727. The predicted octanol–water partition coefficient (Wildman–Crippen LogP) is 13.0. The van der Waals surface area contributed by atoms with Gasteiger partial charge in [-0.2, -0.15) is 0 Å². The van der Waals surface area contributed by atoms with Crippen LogP contribution in [0.2, 0.25) is 0 Å². The number of rotatable bonds is 4. The Morgan fingerprint density at radius 1 is 0.356 bits per heavy atom. The molecule has 2 aliphatic rings. The van der Waals surface area contributed by atoms with Crippen molar-refractivity contribution in [1.82, 2.24) is 19.5 Å². The van der Waals surface area contributed by atoms with E-state index in [4.69, 9.17) is 15.0 Å². The molecule has 0 atom stereocenters. The molecule has 0 aliphatic heterocycles. The van der Waals surface area contributed by atoms with E-state index < -0.39 is 5.41 Å². The summed E-state index contributed by atoms with van der Waals surface area (Å²) >= 11 is 0. The van der Waals surface area contributed by atoms with Gasteiger partial charge < -0.3 is 4.57 Å². The van der Waals surface area contributed by atoms with Gasteiger partial charge in [-0.3, -0.25) is 0 Å². The molecule has 59 heavy (non-hydrogen) atoms. The molecule has 0 amide bonds. The Morgan fingerprint density at radius 2 is 0.797 bits per heavy atom. The summed E-state index contributed by atoms with van der Waals surface area (Å²) in [4.78, 5) is 15.6. The minimum atomic E-state index is -0.509. The number of nitrogens with zero attached hydrogens (tertiary/aromatic N) is 4. The number of para-hydroxylation sites is 2. The van der Waals surface area contributed by atoms with Crippen LogP contribution in [0.1, 0.15) is 47.2 Å². The van der Waals surface area contributed by atoms with Gasteiger partial charge in [-0.25, -0.2) is 15.0 Å². The molecule has 12 rings (SSSR count). The van der Waals surface area contributed by atoms with E-state index >= 15 is 0 Å². The van der Waals surface area contributed by atoms with Gasteiger partial charge in [0.05, 0.1) is 16.4 Å². The predicted molar refractivity (Wildman–Crippen MR) is 240 cm³/mol. The number of hydrogen-bond acceptors (Lipinski definition) is 3. The first-order valence-electron chi connectivity index (χ1n) is 20.4. The number of benzene rings is 8. The zero-order valence-electron chi connectivity index (χ0n) is 32.8. The van der Waals surface area contributed by atoms with Crippen LogP contribution < -0.4 is 0 Å². The van der Waals surface area contributed by atoms with Crippen LogP contribution in [0.25, 0.3) is 72.8 Å². The van der Waals surface area contributed by atoms with E-state index in [0.717, 1.165) is 22.4 Å². The standard InChI is InChI=1S/C55H38N4/c1-54(2)44-22-10-12-24-46(44)55(47-25-13-11-23-45(47)54)43-21-9-6-18-39(43)40-33-30-37(34-48(40)55)53-57-51(35-16-4-3-5-17-35)56-52(58-53)36-28-31-38(32-29-36)59-49-26-14-7-19-41(49)42-20-8-15-27-50(42)59/h3-34H,1-2H3. The second-order valence-electron chi connectivity index (χ2n) is 16.4. The molecule has 0 radical (unpaired) electrons. The second kappa shape index (κ2) is 12.5. The first-order valence-corrected chi connectivity index (χ1v) is 20.4. The number of hydrogen-bond donors (Lipinski definition) is 0. The Labute approximate surface area is 343 Å². The molecule has 2 aromatic heterocycles. The highest BCUT2D eigenvalue weighted by molar-refractivity contribution is 6.09. The maximum Gasteiger partial charge on any atom is 0.164 e. The van der Waals surface area contributed by atoms with Crippen molar-refractivity contribution in [2.75, 3.05) is 0 Å². The van der Waals surface area contributed by atoms with E-state index in [9.17, 15) is 0 Å². The summed E-state index contributed by atoms with van der Waals surface area (Å²) in [5.41, 5.74) is 16.0. The van der Waals surface area contributed by atoms with Gasteiger partial charge in [-0.1, -0.05) is 166 Å². The Balaban J connectivity index is 1.05. The molecule has 0 N–H and O–H groups in total. The van der Waals surface area contributed by atoms with Gasteiger partial charge in [0.15, 0.2) is 17.5 Å². The van der Waals surface area contributed by atoms with Crippen LogP contribution in [0.15, 0.2) is 194 Å². The molecule has 1 spiro atoms. The van der Waals surface area contributed by atoms with Gasteiger partial charge in [-0.05, 0) is 87.0 Å². The topological polar surface area (TPSA) is 43.6 Å². The summed E-state index contributed by atoms with van der Waals surface area (Å²) in [5.74, 6) is 1.92. The zero-order valence-corrected chi connectivity index (χ0v) is 32.8. The monoisotopic (exact) mass is 754 g/mol. The highest BCUT2D eigenvalue weighted by atomic mass is 15.0. The molecule has 8 aromatic carbocycles. The first kappa shape index (κ1) is 33.7. The molecule has 2 heterocycles. The van der Waals surface area contributed by atoms with Crippen molar-refractivity contribution in [1.29, 1.82) is 0 Å². The smallest absolute Gasteiger partial charge is 0.164 e. The van der Waals surface area contributed by atoms with E-state index in [1.165, 1.54) is 66.3 Å². The quantitative estimate of drug-likeness (QED) is 0.180. The van der Waals surface area contributed by atoms with E-state index in [1.54, 1.807) is 0 Å². The van der Waals surface area contributed by atoms with Gasteiger partial charge >= 0.3 is 0 Å². The Bertz CT molecular complexity index is 3200. The molecule has 0 saturated heterocycles. The summed E-state index contributed by atoms with van der Waals surface area (Å²) in [6.07, 6.45) is 0. The maximum atomic E-state index is 5.28. The van der Waals surface area contributed by atoms with Gasteiger partial charge in [0.25, 0.3) is 0 Å². The highest BCUT2D eigenvalue weighted by Gasteiger charge is 2.53. The lowest BCUT2D eigenvalue weighted by atomic mass is 9.55. The molecule has 4 nitrogen and oxygen atoms in total. The minimum Gasteiger partial charge on any atom is -0.309 e. The average molecular weight is 755 g/mol. The van der Waals surface area contributed by atoms with E-state index in [1.807, 2.05) is 18.2 Å². The van der Waals surface area contributed by atoms with Crippen molar-refractivity contribution in [3.8, 4) is 51.0 Å². The largest absolute Gasteiger partial charge is 0.309 e. The number of aromatic nitrogens is 4. The van der Waals surface area contributed by atoms with Gasteiger partial charge in [0.2, 0.25) is 0 Å². The third-order valence-corrected chi connectivity index (χ3v) is 12.9. The lowest BCUT2D eigenvalue weighted by Crippen LogP contribution is -2.40. The lowest BCUT2D eigenvalue weighted by Gasteiger charge is -2.46. The van der Waals surface area contributed by atoms with Gasteiger partial charge in [-0.15, -0.1) is 0 Å². The van der Waals surface area contributed by atoms with Crippen LogP contribution in [-0.2, 0) is 10.8 Å². The summed E-state index contributed by atoms with van der Waals surface area (Å²) in [7, 11) is 0. The maximum absolute atomic E-state index is 5.28. The summed E-state index contributed by atoms with van der Waals surface area (Å²) in [5, 5.41) is 2.48. The van der Waals surface area contributed by atoms with Crippen LogP contribution >= 0.6 is 0 Å². The van der Waals surface area contributed by atoms with Crippen LogP contribution in [0, 0.1) is 0 Å². The Hall–Kier alpha value is -7.43. The number of fused-ring (bicyclic) bond motifs is 12. The van der Waals surface area contributed by atoms with Crippen molar-refractivity contribution in [2.45, 2.75) is 24.7 Å². The zero-order chi connectivity index (χ0) is 39.3. The van der Waals surface area contributed by atoms with Crippen molar-refractivity contribution in [2.24, 2.45) is 0 Å². The fourth-order valence-corrected chi connectivity index (χ4v) is 10.3. The van der Waals surface area contributed by atoms with E-state index in [0.29, 0.717) is 17.5 Å². The molecule has 4 heteroatoms. The Kier molecular flexibility index (Phi) is 7.16. The van der Waals surface area contributed by atoms with E-state index in [-0.39, 0.29) is 5.41 Å². The minimum absolute atomic E-state index is 0.168. The third kappa shape index (κ3) is 4.74. The second-order valence-corrected chi connectivity index (χ2v) is 16.4. The van der Waals surface area contributed by atoms with Crippen molar-refractivity contribution in [3.05, 3.63) is 228 Å². The molecule has 0 unspecified atom stereocenters. The van der Waals surface area contributed by atoms with Crippen LogP contribution in [0.3, 0.4) is 0 Å². The molecule has 0 fully saturated rings. The molecule has 0 bridgehead atoms. The fourth-order valence-electron chi connectivity index (χ4n) is 10.3. The van der Waals surface area contributed by atoms with E-state index in [2.05, 4.69) is 194 Å². The van der Waals surface area contributed by atoms with Crippen LogP contribution in [0.5, 0.6) is 0 Å². The van der Waals surface area contributed by atoms with Crippen molar-refractivity contribution in [3.63, 3.8) is 0 Å². The van der Waals surface area contributed by atoms with Crippen LogP contribution in [0.4, 0.5) is 0 Å². The Morgan fingerprint density at radius 3 is 1.41 bits per heavy atom. The molecule has 278 valence electrons. The molecule has 10 aromatic rings. The van der Waals surface area contributed by atoms with Crippen LogP contribution in [-0.4, -0.2) is 19.5 Å². The molecular weight excluding hydrogens is 717 g/mol. The van der Waals surface area contributed by atoms with Crippen molar-refractivity contribution >= 4 is 21.8 Å².